The van der Waals surface area contributed by atoms with Crippen molar-refractivity contribution in [2.45, 2.75) is 44.9 Å². The highest BCUT2D eigenvalue weighted by atomic mass is 19.1. The molecule has 5 heterocycles. The Morgan fingerprint density at radius 2 is 2.16 bits per heavy atom. The molecule has 2 aliphatic heterocycles. The van der Waals surface area contributed by atoms with Gasteiger partial charge in [0.25, 0.3) is 0 Å². The van der Waals surface area contributed by atoms with Gasteiger partial charge in [-0.2, -0.15) is 0 Å². The molecule has 4 aromatic rings. The van der Waals surface area contributed by atoms with Gasteiger partial charge in [0.2, 0.25) is 0 Å². The summed E-state index contributed by atoms with van der Waals surface area (Å²) in [6.45, 7) is 3.84. The Morgan fingerprint density at radius 3 is 3.03 bits per heavy atom. The Kier molecular flexibility index (Phi) is 4.67. The molecule has 1 fully saturated rings. The van der Waals surface area contributed by atoms with Crippen LogP contribution in [0.1, 0.15) is 44.3 Å². The summed E-state index contributed by atoms with van der Waals surface area (Å²) < 4.78 is 29.8. The second kappa shape index (κ2) is 7.70. The maximum Gasteiger partial charge on any atom is 0.180 e. The minimum absolute atomic E-state index is 0.0275. The SMILES string of the molecule is C[C@@H]1COc2c(F)ccc3nc(CCNc4ncnc5c4ncn5[C@@H]4CCCCO4)n1c23. The molecule has 1 saturated heterocycles. The van der Waals surface area contributed by atoms with Crippen molar-refractivity contribution in [2.75, 3.05) is 25.1 Å². The fraction of sp³-hybridized carbons (Fsp3) is 0.455. The van der Waals surface area contributed by atoms with E-state index in [0.29, 0.717) is 31.1 Å². The summed E-state index contributed by atoms with van der Waals surface area (Å²) in [4.78, 5) is 18.1. The Labute approximate surface area is 183 Å². The third-order valence-electron chi connectivity index (χ3n) is 6.21. The lowest BCUT2D eigenvalue weighted by molar-refractivity contribution is -0.0298. The summed E-state index contributed by atoms with van der Waals surface area (Å²) in [5, 5.41) is 3.38. The van der Waals surface area contributed by atoms with Crippen molar-refractivity contribution in [2.24, 2.45) is 0 Å². The van der Waals surface area contributed by atoms with Gasteiger partial charge in [0.05, 0.1) is 17.9 Å². The van der Waals surface area contributed by atoms with Gasteiger partial charge in [0.15, 0.2) is 28.5 Å². The van der Waals surface area contributed by atoms with Crippen LogP contribution in [0.25, 0.3) is 22.2 Å². The molecule has 0 amide bonds. The van der Waals surface area contributed by atoms with Crippen molar-refractivity contribution >= 4 is 28.0 Å². The number of anilines is 1. The van der Waals surface area contributed by atoms with Gasteiger partial charge in [-0.1, -0.05) is 0 Å². The molecule has 10 heteroatoms. The normalized spacial score (nSPS) is 20.6. The number of benzene rings is 1. The quantitative estimate of drug-likeness (QED) is 0.510. The van der Waals surface area contributed by atoms with Gasteiger partial charge in [-0.05, 0) is 38.3 Å². The van der Waals surface area contributed by atoms with Crippen molar-refractivity contribution in [3.05, 3.63) is 36.4 Å². The van der Waals surface area contributed by atoms with Gasteiger partial charge in [0, 0.05) is 19.6 Å². The van der Waals surface area contributed by atoms with Crippen molar-refractivity contribution in [3.63, 3.8) is 0 Å². The van der Waals surface area contributed by atoms with Crippen molar-refractivity contribution in [1.29, 1.82) is 0 Å². The van der Waals surface area contributed by atoms with E-state index in [9.17, 15) is 4.39 Å². The second-order valence-corrected chi connectivity index (χ2v) is 8.35. The number of imidazole rings is 2. The number of hydrogen-bond acceptors (Lipinski definition) is 7. The van der Waals surface area contributed by atoms with Crippen LogP contribution in [0.4, 0.5) is 10.2 Å². The number of nitrogens with one attached hydrogen (secondary N) is 1. The van der Waals surface area contributed by atoms with Crippen LogP contribution >= 0.6 is 0 Å². The first kappa shape index (κ1) is 19.4. The summed E-state index contributed by atoms with van der Waals surface area (Å²) in [7, 11) is 0. The number of hydrogen-bond donors (Lipinski definition) is 1. The first-order valence-corrected chi connectivity index (χ1v) is 11.1. The highest BCUT2D eigenvalue weighted by molar-refractivity contribution is 5.84. The van der Waals surface area contributed by atoms with Crippen LogP contribution in [0.3, 0.4) is 0 Å². The predicted octanol–water partition coefficient (Wildman–Crippen LogP) is 3.62. The van der Waals surface area contributed by atoms with Gasteiger partial charge in [0.1, 0.15) is 30.5 Å². The summed E-state index contributed by atoms with van der Waals surface area (Å²) in [5.41, 5.74) is 2.97. The zero-order chi connectivity index (χ0) is 21.7. The van der Waals surface area contributed by atoms with E-state index in [4.69, 9.17) is 14.5 Å². The summed E-state index contributed by atoms with van der Waals surface area (Å²) in [6, 6.07) is 3.20. The van der Waals surface area contributed by atoms with Crippen LogP contribution in [0.5, 0.6) is 5.75 Å². The minimum atomic E-state index is -0.351. The van der Waals surface area contributed by atoms with Crippen LogP contribution in [0, 0.1) is 5.82 Å². The fourth-order valence-corrected chi connectivity index (χ4v) is 4.68. The molecule has 32 heavy (non-hydrogen) atoms. The van der Waals surface area contributed by atoms with Crippen LogP contribution in [-0.4, -0.2) is 48.8 Å². The van der Waals surface area contributed by atoms with E-state index in [2.05, 4.69) is 31.8 Å². The van der Waals surface area contributed by atoms with E-state index in [1.165, 1.54) is 6.07 Å². The topological polar surface area (TPSA) is 91.9 Å². The average Bonchev–Trinajstić information content (AvgIpc) is 3.41. The van der Waals surface area contributed by atoms with Gasteiger partial charge in [-0.25, -0.2) is 24.3 Å². The second-order valence-electron chi connectivity index (χ2n) is 8.35. The Balaban J connectivity index is 1.25. The van der Waals surface area contributed by atoms with Crippen LogP contribution < -0.4 is 10.1 Å². The van der Waals surface area contributed by atoms with Gasteiger partial charge >= 0.3 is 0 Å². The number of halogens is 1. The minimum Gasteiger partial charge on any atom is -0.486 e. The molecule has 3 aromatic heterocycles. The van der Waals surface area contributed by atoms with Crippen LogP contribution in [0.2, 0.25) is 0 Å². The lowest BCUT2D eigenvalue weighted by Gasteiger charge is -2.24. The number of nitrogens with zero attached hydrogens (tertiary/aromatic N) is 6. The lowest BCUT2D eigenvalue weighted by atomic mass is 10.2. The third kappa shape index (κ3) is 3.09. The molecular formula is C22H24FN7O2. The van der Waals surface area contributed by atoms with Crippen molar-refractivity contribution in [1.82, 2.24) is 29.1 Å². The number of rotatable bonds is 5. The highest BCUT2D eigenvalue weighted by Crippen LogP contribution is 2.36. The molecule has 1 aromatic carbocycles. The zero-order valence-electron chi connectivity index (χ0n) is 17.8. The molecule has 0 saturated carbocycles. The highest BCUT2D eigenvalue weighted by Gasteiger charge is 2.26. The molecule has 0 spiro atoms. The molecular weight excluding hydrogens is 413 g/mol. The van der Waals surface area contributed by atoms with E-state index in [0.717, 1.165) is 53.9 Å². The Bertz CT molecular complexity index is 1290. The number of ether oxygens (including phenoxy) is 2. The average molecular weight is 437 g/mol. The summed E-state index contributed by atoms with van der Waals surface area (Å²) in [5.74, 6) is 1.51. The molecule has 6 rings (SSSR count). The monoisotopic (exact) mass is 437 g/mol. The van der Waals surface area contributed by atoms with Crippen LogP contribution in [-0.2, 0) is 11.2 Å². The maximum absolute atomic E-state index is 14.2. The standard InChI is InChI=1S/C22H24FN7O2/c1-13-10-32-20-14(23)5-6-15-19(20)30(13)16(28-15)7-8-24-21-18-22(26-11-25-21)29(12-27-18)17-4-2-3-9-31-17/h5-6,11-13,17H,2-4,7-10H2,1H3,(H,24,25,26)/t13-,17+/m1/s1. The van der Waals surface area contributed by atoms with E-state index in [1.807, 2.05) is 4.57 Å². The molecule has 1 N–H and O–H groups in total. The largest absolute Gasteiger partial charge is 0.486 e. The summed E-state index contributed by atoms with van der Waals surface area (Å²) >= 11 is 0. The van der Waals surface area contributed by atoms with Gasteiger partial charge in [-0.15, -0.1) is 0 Å². The fourth-order valence-electron chi connectivity index (χ4n) is 4.68. The summed E-state index contributed by atoms with van der Waals surface area (Å²) in [6.07, 6.45) is 7.14. The van der Waals surface area contributed by atoms with E-state index in [-0.39, 0.29) is 18.1 Å². The third-order valence-corrected chi connectivity index (χ3v) is 6.21. The molecule has 0 unspecified atom stereocenters. The maximum atomic E-state index is 14.2. The van der Waals surface area contributed by atoms with Crippen molar-refractivity contribution < 1.29 is 13.9 Å². The lowest BCUT2D eigenvalue weighted by Crippen LogP contribution is -2.22. The zero-order valence-corrected chi connectivity index (χ0v) is 17.8. The smallest absolute Gasteiger partial charge is 0.180 e. The van der Waals surface area contributed by atoms with Gasteiger partial charge in [-0.3, -0.25) is 4.57 Å². The van der Waals surface area contributed by atoms with Crippen LogP contribution in [0.15, 0.2) is 24.8 Å². The van der Waals surface area contributed by atoms with Crippen molar-refractivity contribution in [3.8, 4) is 5.75 Å². The molecule has 2 atom stereocenters. The van der Waals surface area contributed by atoms with E-state index >= 15 is 0 Å². The van der Waals surface area contributed by atoms with E-state index in [1.54, 1.807) is 18.7 Å². The first-order chi connectivity index (χ1) is 15.7. The molecule has 0 bridgehead atoms. The molecule has 0 aliphatic carbocycles. The molecule has 166 valence electrons. The Morgan fingerprint density at radius 1 is 1.22 bits per heavy atom. The first-order valence-electron chi connectivity index (χ1n) is 11.1. The molecule has 9 nitrogen and oxygen atoms in total. The van der Waals surface area contributed by atoms with Gasteiger partial charge < -0.3 is 19.4 Å². The molecule has 0 radical (unpaired) electrons. The number of aromatic nitrogens is 6. The van der Waals surface area contributed by atoms with E-state index < -0.39 is 0 Å². The number of fused-ring (bicyclic) bond motifs is 1. The molecule has 2 aliphatic rings. The predicted molar refractivity (Wildman–Crippen MR) is 116 cm³/mol. The Hall–Kier alpha value is -3.27.